The summed E-state index contributed by atoms with van der Waals surface area (Å²) in [7, 11) is 1.96. The Balaban J connectivity index is 1.95. The first kappa shape index (κ1) is 13.7. The van der Waals surface area contributed by atoms with Crippen LogP contribution in [0.2, 0.25) is 0 Å². The molecule has 0 amide bonds. The van der Waals surface area contributed by atoms with Gasteiger partial charge < -0.3 is 4.90 Å². The van der Waals surface area contributed by atoms with Crippen molar-refractivity contribution >= 4 is 11.3 Å². The van der Waals surface area contributed by atoms with Crippen LogP contribution in [0.3, 0.4) is 0 Å². The summed E-state index contributed by atoms with van der Waals surface area (Å²) in [4.78, 5) is 3.40. The van der Waals surface area contributed by atoms with Crippen LogP contribution < -0.4 is 0 Å². The molecule has 0 spiro atoms. The number of nitriles is 1. The summed E-state index contributed by atoms with van der Waals surface area (Å²) in [6, 6.07) is 11.0. The van der Waals surface area contributed by atoms with Crippen LogP contribution in [0.25, 0.3) is 0 Å². The number of benzene rings is 1. The van der Waals surface area contributed by atoms with E-state index in [1.807, 2.05) is 19.2 Å². The predicted molar refractivity (Wildman–Crippen MR) is 75.5 cm³/mol. The molecule has 0 radical (unpaired) electrons. The fourth-order valence-corrected chi connectivity index (χ4v) is 2.61. The Labute approximate surface area is 116 Å². The lowest BCUT2D eigenvalue weighted by atomic mass is 10.1. The zero-order chi connectivity index (χ0) is 13.7. The topological polar surface area (TPSA) is 27.0 Å². The van der Waals surface area contributed by atoms with Crippen molar-refractivity contribution in [2.45, 2.75) is 13.0 Å². The number of likely N-dealkylation sites (N-methyl/N-ethyl adjacent to an activating group) is 1. The molecular formula is C15H15FN2S. The fraction of sp³-hybridized carbons (Fsp3) is 0.267. The summed E-state index contributed by atoms with van der Waals surface area (Å²) in [6.45, 7) is 1.39. The quantitative estimate of drug-likeness (QED) is 0.835. The molecule has 19 heavy (non-hydrogen) atoms. The van der Waals surface area contributed by atoms with E-state index in [2.05, 4.69) is 16.3 Å². The fourth-order valence-electron chi connectivity index (χ4n) is 1.91. The van der Waals surface area contributed by atoms with Gasteiger partial charge in [-0.05, 0) is 31.0 Å². The molecule has 0 saturated carbocycles. The van der Waals surface area contributed by atoms with Gasteiger partial charge in [-0.3, -0.25) is 0 Å². The van der Waals surface area contributed by atoms with Crippen LogP contribution in [0.5, 0.6) is 0 Å². The molecule has 98 valence electrons. The van der Waals surface area contributed by atoms with Gasteiger partial charge in [-0.1, -0.05) is 18.2 Å². The van der Waals surface area contributed by atoms with E-state index < -0.39 is 5.82 Å². The first-order valence-corrected chi connectivity index (χ1v) is 6.97. The van der Waals surface area contributed by atoms with Gasteiger partial charge in [0.15, 0.2) is 0 Å². The van der Waals surface area contributed by atoms with Gasteiger partial charge in [0.25, 0.3) is 0 Å². The van der Waals surface area contributed by atoms with Crippen LogP contribution in [0.4, 0.5) is 4.39 Å². The summed E-state index contributed by atoms with van der Waals surface area (Å²) >= 11 is 1.74. The molecule has 4 heteroatoms. The second kappa shape index (κ2) is 6.46. The van der Waals surface area contributed by atoms with Crippen LogP contribution >= 0.6 is 11.3 Å². The van der Waals surface area contributed by atoms with Crippen molar-refractivity contribution < 1.29 is 4.39 Å². The summed E-state index contributed by atoms with van der Waals surface area (Å²) in [5.41, 5.74) is 0.692. The number of nitrogens with zero attached hydrogens (tertiary/aromatic N) is 2. The minimum Gasteiger partial charge on any atom is -0.302 e. The number of thiophene rings is 1. The Bertz CT molecular complexity index is 572. The van der Waals surface area contributed by atoms with E-state index in [0.717, 1.165) is 13.0 Å². The predicted octanol–water partition coefficient (Wildman–Crippen LogP) is 3.43. The van der Waals surface area contributed by atoms with Crippen LogP contribution in [-0.2, 0) is 13.0 Å². The summed E-state index contributed by atoms with van der Waals surface area (Å²) in [5.74, 6) is -0.395. The third-order valence-corrected chi connectivity index (χ3v) is 3.90. The van der Waals surface area contributed by atoms with E-state index in [9.17, 15) is 4.39 Å². The van der Waals surface area contributed by atoms with Gasteiger partial charge in [-0.15, -0.1) is 11.3 Å². The van der Waals surface area contributed by atoms with Crippen molar-refractivity contribution in [3.05, 3.63) is 57.5 Å². The molecule has 2 rings (SSSR count). The van der Waals surface area contributed by atoms with Crippen molar-refractivity contribution in [1.82, 2.24) is 4.90 Å². The van der Waals surface area contributed by atoms with E-state index in [-0.39, 0.29) is 5.56 Å². The first-order chi connectivity index (χ1) is 9.20. The van der Waals surface area contributed by atoms with Crippen LogP contribution in [0, 0.1) is 17.1 Å². The highest BCUT2D eigenvalue weighted by Gasteiger charge is 2.09. The zero-order valence-electron chi connectivity index (χ0n) is 10.8. The van der Waals surface area contributed by atoms with Crippen LogP contribution in [-0.4, -0.2) is 18.5 Å². The molecular weight excluding hydrogens is 259 g/mol. The number of hydrogen-bond acceptors (Lipinski definition) is 3. The third kappa shape index (κ3) is 3.63. The van der Waals surface area contributed by atoms with E-state index in [4.69, 9.17) is 5.26 Å². The van der Waals surface area contributed by atoms with Gasteiger partial charge >= 0.3 is 0 Å². The minimum absolute atomic E-state index is 0.115. The molecule has 1 aromatic carbocycles. The molecule has 2 nitrogen and oxygen atoms in total. The summed E-state index contributed by atoms with van der Waals surface area (Å²) in [5, 5.41) is 10.9. The molecule has 0 atom stereocenters. The second-order valence-corrected chi connectivity index (χ2v) is 5.49. The Morgan fingerprint density at radius 1 is 1.32 bits per heavy atom. The van der Waals surface area contributed by atoms with E-state index in [1.54, 1.807) is 23.5 Å². The SMILES string of the molecule is CN(CCc1cccs1)Cc1cccc(C#N)c1F. The van der Waals surface area contributed by atoms with Crippen LogP contribution in [0.15, 0.2) is 35.7 Å². The largest absolute Gasteiger partial charge is 0.302 e. The zero-order valence-corrected chi connectivity index (χ0v) is 11.6. The Kier molecular flexibility index (Phi) is 4.67. The summed E-state index contributed by atoms with van der Waals surface area (Å²) in [6.07, 6.45) is 0.966. The first-order valence-electron chi connectivity index (χ1n) is 6.09. The molecule has 0 bridgehead atoms. The molecule has 0 aliphatic heterocycles. The Morgan fingerprint density at radius 2 is 2.16 bits per heavy atom. The highest BCUT2D eigenvalue weighted by atomic mass is 32.1. The monoisotopic (exact) mass is 274 g/mol. The molecule has 0 aliphatic carbocycles. The molecule has 2 aromatic rings. The molecule has 0 N–H and O–H groups in total. The van der Waals surface area contributed by atoms with Crippen molar-refractivity contribution in [3.8, 4) is 6.07 Å². The second-order valence-electron chi connectivity index (χ2n) is 4.46. The minimum atomic E-state index is -0.395. The molecule has 1 aromatic heterocycles. The summed E-state index contributed by atoms with van der Waals surface area (Å²) < 4.78 is 13.9. The lowest BCUT2D eigenvalue weighted by Crippen LogP contribution is -2.21. The normalized spacial score (nSPS) is 10.6. The molecule has 0 fully saturated rings. The van der Waals surface area contributed by atoms with Crippen molar-refractivity contribution in [3.63, 3.8) is 0 Å². The van der Waals surface area contributed by atoms with E-state index in [0.29, 0.717) is 12.1 Å². The van der Waals surface area contributed by atoms with Gasteiger partial charge in [0.2, 0.25) is 0 Å². The number of rotatable bonds is 5. The van der Waals surface area contributed by atoms with E-state index in [1.165, 1.54) is 10.9 Å². The highest BCUT2D eigenvalue weighted by molar-refractivity contribution is 7.09. The van der Waals surface area contributed by atoms with Crippen molar-refractivity contribution in [2.75, 3.05) is 13.6 Å². The third-order valence-electron chi connectivity index (χ3n) is 2.96. The van der Waals surface area contributed by atoms with Crippen molar-refractivity contribution in [1.29, 1.82) is 5.26 Å². The Hall–Kier alpha value is -1.70. The Morgan fingerprint density at radius 3 is 2.84 bits per heavy atom. The van der Waals surface area contributed by atoms with Gasteiger partial charge in [-0.2, -0.15) is 5.26 Å². The lowest BCUT2D eigenvalue weighted by Gasteiger charge is -2.16. The average molecular weight is 274 g/mol. The number of hydrogen-bond donors (Lipinski definition) is 0. The standard InChI is InChI=1S/C15H15FN2S/c1-18(8-7-14-6-3-9-19-14)11-13-5-2-4-12(10-17)15(13)16/h2-6,9H,7-8,11H2,1H3. The van der Waals surface area contributed by atoms with Gasteiger partial charge in [0, 0.05) is 23.5 Å². The maximum absolute atomic E-state index is 13.9. The molecule has 0 unspecified atom stereocenters. The van der Waals surface area contributed by atoms with Gasteiger partial charge in [-0.25, -0.2) is 4.39 Å². The highest BCUT2D eigenvalue weighted by Crippen LogP contribution is 2.15. The van der Waals surface area contributed by atoms with Gasteiger partial charge in [0.05, 0.1) is 5.56 Å². The average Bonchev–Trinajstić information content (AvgIpc) is 2.92. The smallest absolute Gasteiger partial charge is 0.145 e. The van der Waals surface area contributed by atoms with E-state index >= 15 is 0 Å². The molecule has 1 heterocycles. The maximum atomic E-state index is 13.9. The lowest BCUT2D eigenvalue weighted by molar-refractivity contribution is 0.326. The molecule has 0 saturated heterocycles. The molecule has 0 aliphatic rings. The van der Waals surface area contributed by atoms with Crippen LogP contribution in [0.1, 0.15) is 16.0 Å². The maximum Gasteiger partial charge on any atom is 0.145 e. The van der Waals surface area contributed by atoms with Gasteiger partial charge in [0.1, 0.15) is 11.9 Å². The van der Waals surface area contributed by atoms with Crippen molar-refractivity contribution in [2.24, 2.45) is 0 Å². The number of halogens is 1.